The average Bonchev–Trinajstić information content (AvgIpc) is 3.87. The summed E-state index contributed by atoms with van der Waals surface area (Å²) in [6.45, 7) is 8.00. The fourth-order valence-electron chi connectivity index (χ4n) is 3.07. The number of hydrogen-bond acceptors (Lipinski definition) is 8. The van der Waals surface area contributed by atoms with Crippen LogP contribution in [0.15, 0.2) is 0 Å². The molecule has 0 aromatic carbocycles. The van der Waals surface area contributed by atoms with Crippen LogP contribution in [-0.4, -0.2) is 89.8 Å². The van der Waals surface area contributed by atoms with Gasteiger partial charge in [-0.3, -0.25) is 9.11 Å². The normalized spacial score (nSPS) is 20.1. The first-order valence-electron chi connectivity index (χ1n) is 16.2. The molecule has 2 N–H and O–H groups in total. The maximum atomic E-state index is 10.7. The van der Waals surface area contributed by atoms with Gasteiger partial charge in [0, 0.05) is 136 Å². The van der Waals surface area contributed by atoms with Gasteiger partial charge in [0.25, 0.3) is 0 Å². The Morgan fingerprint density at radius 3 is 0.463 bits per heavy atom. The van der Waals surface area contributed by atoms with Gasteiger partial charge in [-0.25, -0.2) is 0 Å². The van der Waals surface area contributed by atoms with E-state index in [0.717, 1.165) is 52.9 Å². The van der Waals surface area contributed by atoms with Crippen LogP contribution in [0, 0.1) is 186 Å². The first kappa shape index (κ1) is 62.6. The quantitative estimate of drug-likeness (QED) is 0.145. The third kappa shape index (κ3) is 48.4. The van der Waals surface area contributed by atoms with E-state index in [1.165, 1.54) is 51.4 Å². The number of halogens is 6. The van der Waals surface area contributed by atoms with Crippen molar-refractivity contribution in [3.05, 3.63) is 103 Å². The molecule has 54 heavy (non-hydrogen) atoms. The Bertz CT molecular complexity index is 802. The largest absolute Gasteiger partial charge is 0.522 e. The molecule has 0 aromatic heterocycles. The minimum atomic E-state index is -5.84. The Morgan fingerprint density at radius 2 is 0.426 bits per heavy atom. The van der Waals surface area contributed by atoms with Crippen molar-refractivity contribution in [3.63, 3.8) is 0 Å². The van der Waals surface area contributed by atoms with Crippen molar-refractivity contribution in [2.24, 2.45) is 0 Å². The first-order chi connectivity index (χ1) is 24.5. The maximum absolute atomic E-state index is 10.7. The van der Waals surface area contributed by atoms with Crippen LogP contribution >= 0.6 is 0 Å². The molecule has 2 aliphatic carbocycles. The van der Waals surface area contributed by atoms with Crippen LogP contribution in [0.3, 0.4) is 0 Å². The van der Waals surface area contributed by atoms with Crippen LogP contribution in [0.1, 0.15) is 51.4 Å². The molecule has 4 saturated heterocycles. The van der Waals surface area contributed by atoms with Crippen LogP contribution in [-0.2, 0) is 39.2 Å². The summed E-state index contributed by atoms with van der Waals surface area (Å²) in [5.74, 6) is 0. The summed E-state index contributed by atoms with van der Waals surface area (Å²) in [7, 11) is -11.7. The third-order valence-electron chi connectivity index (χ3n) is 5.67. The van der Waals surface area contributed by atoms with E-state index in [-0.39, 0.29) is 83.5 Å². The van der Waals surface area contributed by atoms with Gasteiger partial charge < -0.3 is 18.9 Å². The molecule has 0 atom stereocenters. The predicted molar refractivity (Wildman–Crippen MR) is 184 cm³/mol. The molecule has 0 unspecified atom stereocenters. The average molecular weight is 1080 g/mol. The molecular formula is C34H50Ce2F6O10S2. The molecule has 2 saturated carbocycles. The second-order valence-electron chi connectivity index (χ2n) is 10.2. The van der Waals surface area contributed by atoms with E-state index >= 15 is 0 Å². The number of hydrogen-bond donors (Lipinski definition) is 2. The second-order valence-corrected chi connectivity index (χ2v) is 13.0. The second kappa shape index (κ2) is 41.7. The van der Waals surface area contributed by atoms with E-state index in [9.17, 15) is 26.3 Å². The van der Waals surface area contributed by atoms with Crippen molar-refractivity contribution in [2.75, 3.05) is 52.9 Å². The van der Waals surface area contributed by atoms with E-state index in [1.54, 1.807) is 0 Å². The van der Waals surface area contributed by atoms with Gasteiger partial charge in [0.1, 0.15) is 0 Å². The zero-order valence-electron chi connectivity index (χ0n) is 29.8. The summed E-state index contributed by atoms with van der Waals surface area (Å²) in [6, 6.07) is 0. The topological polar surface area (TPSA) is 146 Å². The number of alkyl halides is 6. The van der Waals surface area contributed by atoms with Gasteiger partial charge in [-0.15, -0.1) is 0 Å². The Morgan fingerprint density at radius 1 is 0.333 bits per heavy atom. The van der Waals surface area contributed by atoms with Crippen molar-refractivity contribution in [3.8, 4) is 0 Å². The molecule has 0 spiro atoms. The van der Waals surface area contributed by atoms with Gasteiger partial charge >= 0.3 is 31.3 Å². The molecular weight excluding hydrogens is 1030 g/mol. The van der Waals surface area contributed by atoms with E-state index in [1.807, 2.05) is 103 Å². The first-order valence-corrected chi connectivity index (χ1v) is 19.1. The van der Waals surface area contributed by atoms with Crippen molar-refractivity contribution >= 4 is 20.2 Å². The summed E-state index contributed by atoms with van der Waals surface area (Å²) in [6.07, 6.45) is 42.2. The van der Waals surface area contributed by atoms with E-state index in [0.29, 0.717) is 0 Å². The summed E-state index contributed by atoms with van der Waals surface area (Å²) in [5.41, 5.74) is -11.1. The molecule has 6 rings (SSSR count). The third-order valence-corrected chi connectivity index (χ3v) is 6.84. The predicted octanol–water partition coefficient (Wildman–Crippen LogP) is 7.24. The zero-order valence-corrected chi connectivity index (χ0v) is 37.7. The monoisotopic (exact) mass is 1080 g/mol. The summed E-state index contributed by atoms with van der Waals surface area (Å²) in [5, 5.41) is 0. The Kier molecular flexibility index (Phi) is 48.4. The standard InChI is InChI=1S/2C8H8.4C4H8O.2CHF3O3S.2Ce/c2*1-2-4-6-8-7-5-3-1;4*1-2-4-5-3-1;2*2-1(3,4)8(5,6)7;;/h2*1-8H;4*1-4H2;2*(H,5,6,7);;. The Hall–Kier alpha value is 1.99. The Labute approximate surface area is 388 Å². The molecule has 10 nitrogen and oxygen atoms in total. The molecule has 0 bridgehead atoms. The number of rotatable bonds is 0. The smallest absolute Gasteiger partial charge is 0.381 e. The molecule has 16 radical (unpaired) electrons. The molecule has 0 aromatic rings. The molecule has 0 amide bonds. The van der Waals surface area contributed by atoms with E-state index < -0.39 is 31.3 Å². The van der Waals surface area contributed by atoms with Crippen LogP contribution < -0.4 is 0 Å². The molecule has 308 valence electrons. The minimum absolute atomic E-state index is 0. The van der Waals surface area contributed by atoms with Gasteiger partial charge in [-0.1, -0.05) is 0 Å². The van der Waals surface area contributed by atoms with Crippen molar-refractivity contribution in [1.29, 1.82) is 0 Å². The molecule has 6 fully saturated rings. The fraction of sp³-hybridized carbons (Fsp3) is 0.529. The fourth-order valence-corrected chi connectivity index (χ4v) is 3.07. The van der Waals surface area contributed by atoms with E-state index in [2.05, 4.69) is 0 Å². The molecule has 6 aliphatic rings. The maximum Gasteiger partial charge on any atom is 0.522 e. The van der Waals surface area contributed by atoms with Gasteiger partial charge in [0.2, 0.25) is 0 Å². The minimum Gasteiger partial charge on any atom is -0.381 e. The van der Waals surface area contributed by atoms with Gasteiger partial charge in [-0.05, 0) is 154 Å². The van der Waals surface area contributed by atoms with Crippen molar-refractivity contribution in [2.45, 2.75) is 62.4 Å². The Balaban J connectivity index is -0.000000265. The SMILES string of the molecule is C1CCOC1.C1CCOC1.C1CCOC1.C1CCOC1.O=S(=O)(O)C(F)(F)F.O=S(=O)(O)C(F)(F)F.[CH]1[CH][CH][CH][CH][CH][CH][CH]1.[CH]1[CH][CH][CH][CH][CH][CH][CH]1.[Ce].[Ce]. The van der Waals surface area contributed by atoms with Gasteiger partial charge in [-0.2, -0.15) is 43.2 Å². The zero-order chi connectivity index (χ0) is 39.5. The van der Waals surface area contributed by atoms with Crippen LogP contribution in [0.25, 0.3) is 0 Å². The van der Waals surface area contributed by atoms with E-state index in [4.69, 9.17) is 44.9 Å². The van der Waals surface area contributed by atoms with Gasteiger partial charge in [0.05, 0.1) is 0 Å². The van der Waals surface area contributed by atoms with Crippen molar-refractivity contribution < 1.29 is 155 Å². The van der Waals surface area contributed by atoms with Crippen LogP contribution in [0.4, 0.5) is 26.3 Å². The van der Waals surface area contributed by atoms with Gasteiger partial charge in [0.15, 0.2) is 0 Å². The molecule has 4 aliphatic heterocycles. The molecule has 4 heterocycles. The van der Waals surface area contributed by atoms with Crippen molar-refractivity contribution in [1.82, 2.24) is 0 Å². The van der Waals surface area contributed by atoms with Crippen LogP contribution in [0.5, 0.6) is 0 Å². The molecule has 20 heteroatoms. The number of ether oxygens (including phenoxy) is 4. The summed E-state index contributed by atoms with van der Waals surface area (Å²) in [4.78, 5) is 0. The summed E-state index contributed by atoms with van der Waals surface area (Å²) < 4.78 is 135. The summed E-state index contributed by atoms with van der Waals surface area (Å²) >= 11 is 0. The van der Waals surface area contributed by atoms with Crippen LogP contribution in [0.2, 0.25) is 0 Å².